The topological polar surface area (TPSA) is 43.1 Å². The molecule has 0 radical (unpaired) electrons. The van der Waals surface area contributed by atoms with Crippen molar-refractivity contribution >= 4 is 21.3 Å². The largest absolute Gasteiger partial charge is 0.398 e. The first-order chi connectivity index (χ1) is 9.86. The van der Waals surface area contributed by atoms with Crippen LogP contribution in [0.1, 0.15) is 17.3 Å². The minimum absolute atomic E-state index is 0.316. The number of rotatable bonds is 3. The molecule has 22 heavy (non-hydrogen) atoms. The highest BCUT2D eigenvalue weighted by atomic mass is 32.5. The first-order valence-electron chi connectivity index (χ1n) is 6.02. The number of carbonyl (C=O) groups is 1. The summed E-state index contributed by atoms with van der Waals surface area (Å²) in [7, 11) is -9.22. The van der Waals surface area contributed by atoms with Gasteiger partial charge in [-0.25, -0.2) is 4.39 Å². The zero-order chi connectivity index (χ0) is 16.8. The fraction of sp³-hybridized carbons (Fsp3) is 0.0714. The van der Waals surface area contributed by atoms with Gasteiger partial charge in [0.05, 0.1) is 5.69 Å². The Balaban J connectivity index is 2.90. The summed E-state index contributed by atoms with van der Waals surface area (Å²) in [6.45, 7) is 1.03. The van der Waals surface area contributed by atoms with Crippen molar-refractivity contribution in [3.8, 4) is 0 Å². The van der Waals surface area contributed by atoms with Crippen molar-refractivity contribution in [1.82, 2.24) is 0 Å². The van der Waals surface area contributed by atoms with Gasteiger partial charge in [0.15, 0.2) is 5.78 Å². The van der Waals surface area contributed by atoms with Crippen LogP contribution in [0, 0.1) is 5.82 Å². The molecule has 0 saturated heterocycles. The SMILES string of the molecule is CC(=O)c1ccc(N)c(S(F)(F)(F)(F)c2ccccc2F)c1. The second-order valence-corrected chi connectivity index (χ2v) is 7.83. The lowest BCUT2D eigenvalue weighted by Crippen LogP contribution is -2.18. The lowest BCUT2D eigenvalue weighted by molar-refractivity contribution is 0.101. The minimum atomic E-state index is -9.22. The second kappa shape index (κ2) is 4.22. The van der Waals surface area contributed by atoms with Crippen LogP contribution in [0.4, 0.5) is 25.6 Å². The predicted molar refractivity (Wildman–Crippen MR) is 75.8 cm³/mol. The molecule has 0 aliphatic heterocycles. The van der Waals surface area contributed by atoms with Gasteiger partial charge >= 0.3 is 0 Å². The monoisotopic (exact) mass is 337 g/mol. The second-order valence-electron chi connectivity index (χ2n) is 4.81. The third-order valence-electron chi connectivity index (χ3n) is 3.14. The molecular weight excluding hydrogens is 325 g/mol. The number of nitrogens with two attached hydrogens (primary N) is 1. The minimum Gasteiger partial charge on any atom is -0.398 e. The van der Waals surface area contributed by atoms with Crippen LogP contribution in [0.2, 0.25) is 0 Å². The molecule has 0 fully saturated rings. The number of carbonyl (C=O) groups excluding carboxylic acids is 1. The Labute approximate surface area is 123 Å². The number of anilines is 1. The van der Waals surface area contributed by atoms with Crippen molar-refractivity contribution < 1.29 is 24.7 Å². The van der Waals surface area contributed by atoms with Gasteiger partial charge in [-0.2, -0.15) is 0 Å². The van der Waals surface area contributed by atoms with Gasteiger partial charge in [-0.05, 0) is 37.3 Å². The Bertz CT molecular complexity index is 784. The van der Waals surface area contributed by atoms with Gasteiger partial charge in [-0.15, -0.1) is 15.5 Å². The summed E-state index contributed by atoms with van der Waals surface area (Å²) in [5.41, 5.74) is 3.99. The molecule has 120 valence electrons. The molecule has 2 nitrogen and oxygen atoms in total. The molecule has 0 amide bonds. The van der Waals surface area contributed by atoms with E-state index < -0.39 is 36.9 Å². The number of halogens is 5. The predicted octanol–water partition coefficient (Wildman–Crippen LogP) is 5.44. The fourth-order valence-electron chi connectivity index (χ4n) is 2.01. The lowest BCUT2D eigenvalue weighted by Gasteiger charge is -2.50. The normalized spacial score (nSPS) is 15.0. The van der Waals surface area contributed by atoms with Crippen LogP contribution >= 0.6 is 9.84 Å². The van der Waals surface area contributed by atoms with Gasteiger partial charge in [-0.3, -0.25) is 4.79 Å². The quantitative estimate of drug-likeness (QED) is 0.460. The Kier molecular flexibility index (Phi) is 3.12. The van der Waals surface area contributed by atoms with E-state index in [1.165, 1.54) is 0 Å². The van der Waals surface area contributed by atoms with Crippen LogP contribution in [-0.2, 0) is 0 Å². The average Bonchev–Trinajstić information content (AvgIpc) is 2.37. The molecule has 0 saturated carbocycles. The maximum absolute atomic E-state index is 14.6. The Morgan fingerprint density at radius 2 is 1.59 bits per heavy atom. The van der Waals surface area contributed by atoms with Crippen molar-refractivity contribution in [1.29, 1.82) is 0 Å². The standard InChI is InChI=1S/C14H12F5NOS/c1-9(21)10-6-7-12(20)14(8-10)22(16,17,18,19)13-5-3-2-4-11(13)15/h2-8H,20H2,1H3. The number of hydrogen-bond acceptors (Lipinski definition) is 2. The average molecular weight is 337 g/mol. The third kappa shape index (κ3) is 2.43. The lowest BCUT2D eigenvalue weighted by atomic mass is 10.1. The van der Waals surface area contributed by atoms with E-state index in [-0.39, 0.29) is 5.56 Å². The van der Waals surface area contributed by atoms with Crippen molar-refractivity contribution in [2.75, 3.05) is 5.73 Å². The number of ketones is 1. The summed E-state index contributed by atoms with van der Waals surface area (Å²) < 4.78 is 71.9. The van der Waals surface area contributed by atoms with Crippen molar-refractivity contribution in [2.24, 2.45) is 0 Å². The Morgan fingerprint density at radius 3 is 2.14 bits per heavy atom. The van der Waals surface area contributed by atoms with Crippen LogP contribution in [-0.4, -0.2) is 5.78 Å². The van der Waals surface area contributed by atoms with Crippen molar-refractivity contribution in [2.45, 2.75) is 16.7 Å². The molecular formula is C14H12F5NOS. The maximum Gasteiger partial charge on any atom is 0.214 e. The van der Waals surface area contributed by atoms with E-state index in [0.29, 0.717) is 18.2 Å². The van der Waals surface area contributed by atoms with Gasteiger partial charge in [-0.1, -0.05) is 12.1 Å². The van der Waals surface area contributed by atoms with Gasteiger partial charge < -0.3 is 5.73 Å². The number of nitrogen functional groups attached to an aromatic ring is 1. The van der Waals surface area contributed by atoms with Crippen LogP contribution < -0.4 is 5.73 Å². The summed E-state index contributed by atoms with van der Waals surface area (Å²) in [5.74, 6) is -2.44. The molecule has 2 rings (SSSR count). The van der Waals surface area contributed by atoms with E-state index >= 15 is 0 Å². The molecule has 8 heteroatoms. The zero-order valence-corrected chi connectivity index (χ0v) is 12.1. The highest BCUT2D eigenvalue weighted by molar-refractivity contribution is 8.49. The number of hydrogen-bond donors (Lipinski definition) is 1. The van der Waals surface area contributed by atoms with E-state index in [1.54, 1.807) is 0 Å². The Hall–Kier alpha value is -2.09. The smallest absolute Gasteiger partial charge is 0.214 e. The van der Waals surface area contributed by atoms with Crippen molar-refractivity contribution in [3.63, 3.8) is 0 Å². The molecule has 2 N–H and O–H groups in total. The van der Waals surface area contributed by atoms with Gasteiger partial charge in [0.1, 0.15) is 15.6 Å². The van der Waals surface area contributed by atoms with Crippen LogP contribution in [0.25, 0.3) is 0 Å². The van der Waals surface area contributed by atoms with Gasteiger partial charge in [0.25, 0.3) is 0 Å². The molecule has 0 spiro atoms. The maximum atomic E-state index is 14.6. The van der Waals surface area contributed by atoms with E-state index in [4.69, 9.17) is 5.73 Å². The first kappa shape index (κ1) is 16.3. The van der Waals surface area contributed by atoms with E-state index in [0.717, 1.165) is 31.2 Å². The zero-order valence-electron chi connectivity index (χ0n) is 11.3. The summed E-state index contributed by atoms with van der Waals surface area (Å²) in [5, 5.41) is 0. The number of Topliss-reactive ketones (excluding diaryl/α,β-unsaturated/α-hetero) is 1. The van der Waals surface area contributed by atoms with Crippen molar-refractivity contribution in [3.05, 3.63) is 53.8 Å². The molecule has 0 atom stereocenters. The first-order valence-corrected chi connectivity index (χ1v) is 8.07. The molecule has 2 aromatic carbocycles. The summed E-state index contributed by atoms with van der Waals surface area (Å²) in [6.07, 6.45) is 0. The van der Waals surface area contributed by atoms with Crippen LogP contribution in [0.5, 0.6) is 0 Å². The number of benzene rings is 2. The molecule has 0 aliphatic rings. The highest BCUT2D eigenvalue weighted by Gasteiger charge is 2.68. The van der Waals surface area contributed by atoms with Gasteiger partial charge in [0, 0.05) is 5.56 Å². The fourth-order valence-corrected chi connectivity index (χ4v) is 3.96. The summed E-state index contributed by atoms with van der Waals surface area (Å²) >= 11 is 0. The highest BCUT2D eigenvalue weighted by Crippen LogP contribution is 3.05. The molecule has 0 aliphatic carbocycles. The molecule has 0 aromatic heterocycles. The Morgan fingerprint density at radius 1 is 1.00 bits per heavy atom. The molecule has 2 aromatic rings. The van der Waals surface area contributed by atoms with Crippen LogP contribution in [0.15, 0.2) is 52.3 Å². The van der Waals surface area contributed by atoms with E-state index in [9.17, 15) is 24.7 Å². The summed E-state index contributed by atoms with van der Waals surface area (Å²) in [4.78, 5) is 7.42. The molecule has 0 unspecified atom stereocenters. The van der Waals surface area contributed by atoms with E-state index in [2.05, 4.69) is 0 Å². The van der Waals surface area contributed by atoms with Crippen LogP contribution in [0.3, 0.4) is 0 Å². The summed E-state index contributed by atoms with van der Waals surface area (Å²) in [6, 6.07) is 4.88. The molecule has 0 heterocycles. The third-order valence-corrected chi connectivity index (χ3v) is 5.60. The molecule has 0 bridgehead atoms. The van der Waals surface area contributed by atoms with E-state index in [1.807, 2.05) is 0 Å². The van der Waals surface area contributed by atoms with Gasteiger partial charge in [0.2, 0.25) is 9.84 Å².